The summed E-state index contributed by atoms with van der Waals surface area (Å²) < 4.78 is 0. The summed E-state index contributed by atoms with van der Waals surface area (Å²) in [5.41, 5.74) is 0. The second kappa shape index (κ2) is 18.8. The summed E-state index contributed by atoms with van der Waals surface area (Å²) in [4.78, 5) is 2.05. The van der Waals surface area contributed by atoms with Crippen molar-refractivity contribution in [2.24, 2.45) is 0 Å². The molecule has 20 heavy (non-hydrogen) atoms. The summed E-state index contributed by atoms with van der Waals surface area (Å²) in [5, 5.41) is 8.39. The van der Waals surface area contributed by atoms with Gasteiger partial charge in [-0.15, -0.1) is 0 Å². The van der Waals surface area contributed by atoms with Gasteiger partial charge in [0, 0.05) is 0 Å². The van der Waals surface area contributed by atoms with Gasteiger partial charge in [-0.05, 0) is 0 Å². The van der Waals surface area contributed by atoms with E-state index in [4.69, 9.17) is 0 Å². The molecular weight excluding hydrogens is 588 g/mol. The van der Waals surface area contributed by atoms with E-state index in [9.17, 15) is 0 Å². The molecule has 0 radical (unpaired) electrons. The van der Waals surface area contributed by atoms with Gasteiger partial charge < -0.3 is 0 Å². The third kappa shape index (κ3) is 13.9. The molecule has 0 bridgehead atoms. The van der Waals surface area contributed by atoms with E-state index < -0.39 is 0 Å². The van der Waals surface area contributed by atoms with Crippen LogP contribution in [0.3, 0.4) is 0 Å². The summed E-state index contributed by atoms with van der Waals surface area (Å²) in [6.45, 7) is 0. The normalized spacial score (nSPS) is 14.4. The third-order valence-electron chi connectivity index (χ3n) is 2.30. The van der Waals surface area contributed by atoms with E-state index in [1.54, 1.807) is 0 Å². The van der Waals surface area contributed by atoms with Crippen molar-refractivity contribution in [3.63, 3.8) is 0 Å². The first-order valence-electron chi connectivity index (χ1n) is 6.62. The molecule has 0 nitrogen and oxygen atoms in total. The molecule has 0 saturated carbocycles. The zero-order valence-electron chi connectivity index (χ0n) is 11.6. The van der Waals surface area contributed by atoms with Crippen molar-refractivity contribution < 1.29 is 0 Å². The van der Waals surface area contributed by atoms with Gasteiger partial charge in [0.1, 0.15) is 0 Å². The first-order valence-corrected chi connectivity index (χ1v) is 18.4. The van der Waals surface area contributed by atoms with Crippen LogP contribution in [0.15, 0.2) is 0 Å². The molecular formula is C12H26S4Se4. The Morgan fingerprint density at radius 2 is 0.900 bits per heavy atom. The number of rotatable bonds is 15. The standard InChI is InChI=1S/C12H26S4Se4/c13-1-5-17-9-11(19-7-3-15)12(20-8-4-16)10-18-6-2-14/h11-16H,1-10H2. The Balaban J connectivity index is 4.32. The molecule has 122 valence electrons. The van der Waals surface area contributed by atoms with E-state index >= 15 is 0 Å². The van der Waals surface area contributed by atoms with Crippen LogP contribution in [0.4, 0.5) is 0 Å². The molecule has 0 fully saturated rings. The molecule has 0 aliphatic rings. The van der Waals surface area contributed by atoms with Gasteiger partial charge in [-0.1, -0.05) is 0 Å². The van der Waals surface area contributed by atoms with Gasteiger partial charge in [0.2, 0.25) is 0 Å². The van der Waals surface area contributed by atoms with Gasteiger partial charge in [0.05, 0.1) is 0 Å². The molecule has 0 heterocycles. The van der Waals surface area contributed by atoms with E-state index in [-0.39, 0.29) is 0 Å². The second-order valence-electron chi connectivity index (χ2n) is 3.86. The minimum absolute atomic E-state index is 0.806. The molecule has 0 aromatic heterocycles. The van der Waals surface area contributed by atoms with Crippen molar-refractivity contribution in [1.29, 1.82) is 0 Å². The molecule has 0 rings (SSSR count). The Bertz CT molecular complexity index is 180. The van der Waals surface area contributed by atoms with Crippen molar-refractivity contribution in [2.45, 2.75) is 41.5 Å². The van der Waals surface area contributed by atoms with Crippen LogP contribution in [-0.4, -0.2) is 82.8 Å². The zero-order chi connectivity index (χ0) is 15.1. The van der Waals surface area contributed by atoms with Gasteiger partial charge in [0.15, 0.2) is 0 Å². The molecule has 0 aromatic carbocycles. The van der Waals surface area contributed by atoms with Crippen LogP contribution in [-0.2, 0) is 0 Å². The minimum atomic E-state index is 0.806. The van der Waals surface area contributed by atoms with E-state index in [1.807, 2.05) is 0 Å². The summed E-state index contributed by atoms with van der Waals surface area (Å²) in [7, 11) is 0. The van der Waals surface area contributed by atoms with Gasteiger partial charge in [0.25, 0.3) is 0 Å². The van der Waals surface area contributed by atoms with E-state index in [0.29, 0.717) is 0 Å². The predicted octanol–water partition coefficient (Wildman–Crippen LogP) is 3.61. The average molecular weight is 614 g/mol. The number of hydrogen-bond donors (Lipinski definition) is 4. The Hall–Kier alpha value is 3.48. The monoisotopic (exact) mass is 618 g/mol. The van der Waals surface area contributed by atoms with Crippen molar-refractivity contribution in [3.8, 4) is 0 Å². The topological polar surface area (TPSA) is 0 Å². The van der Waals surface area contributed by atoms with Gasteiger partial charge in [-0.2, -0.15) is 0 Å². The van der Waals surface area contributed by atoms with Crippen LogP contribution in [0.2, 0.25) is 41.5 Å². The molecule has 0 aromatic rings. The average Bonchev–Trinajstić information content (AvgIpc) is 2.47. The fourth-order valence-electron chi connectivity index (χ4n) is 1.46. The molecule has 0 saturated heterocycles. The Morgan fingerprint density at radius 3 is 1.20 bits per heavy atom. The van der Waals surface area contributed by atoms with Gasteiger partial charge in [-0.25, -0.2) is 0 Å². The quantitative estimate of drug-likeness (QED) is 0.121. The fourth-order valence-corrected chi connectivity index (χ4v) is 17.7. The predicted molar refractivity (Wildman–Crippen MR) is 115 cm³/mol. The van der Waals surface area contributed by atoms with Crippen molar-refractivity contribution in [2.75, 3.05) is 23.0 Å². The summed E-state index contributed by atoms with van der Waals surface area (Å²) >= 11 is 20.8. The summed E-state index contributed by atoms with van der Waals surface area (Å²) in [6.07, 6.45) is 0. The van der Waals surface area contributed by atoms with Crippen LogP contribution < -0.4 is 0 Å². The van der Waals surface area contributed by atoms with Crippen LogP contribution in [0.5, 0.6) is 0 Å². The molecule has 2 atom stereocenters. The summed E-state index contributed by atoms with van der Waals surface area (Å²) in [6, 6.07) is 0. The maximum atomic E-state index is 4.42. The zero-order valence-corrected chi connectivity index (χ0v) is 22.1. The van der Waals surface area contributed by atoms with Crippen molar-refractivity contribution >= 4 is 110 Å². The van der Waals surface area contributed by atoms with Crippen molar-refractivity contribution in [3.05, 3.63) is 0 Å². The summed E-state index contributed by atoms with van der Waals surface area (Å²) in [5.74, 6) is 4.29. The molecule has 0 N–H and O–H groups in total. The first kappa shape index (κ1) is 23.5. The fraction of sp³-hybridized carbons (Fsp3) is 1.00. The second-order valence-corrected chi connectivity index (χ2v) is 16.1. The molecule has 0 spiro atoms. The Morgan fingerprint density at radius 1 is 0.550 bits per heavy atom. The maximum absolute atomic E-state index is 4.42. The van der Waals surface area contributed by atoms with Gasteiger partial charge >= 0.3 is 175 Å². The number of hydrogen-bond acceptors (Lipinski definition) is 4. The molecule has 0 aliphatic heterocycles. The van der Waals surface area contributed by atoms with E-state index in [0.717, 1.165) is 92.5 Å². The van der Waals surface area contributed by atoms with Crippen molar-refractivity contribution in [1.82, 2.24) is 0 Å². The molecule has 8 heteroatoms. The van der Waals surface area contributed by atoms with E-state index in [1.165, 1.54) is 31.9 Å². The van der Waals surface area contributed by atoms with Crippen LogP contribution in [0.1, 0.15) is 0 Å². The third-order valence-corrected chi connectivity index (χ3v) is 19.2. The van der Waals surface area contributed by atoms with E-state index in [2.05, 4.69) is 50.5 Å². The van der Waals surface area contributed by atoms with Crippen LogP contribution in [0, 0.1) is 0 Å². The van der Waals surface area contributed by atoms with Crippen LogP contribution in [0.25, 0.3) is 0 Å². The first-order chi connectivity index (χ1) is 9.79. The van der Waals surface area contributed by atoms with Gasteiger partial charge in [-0.3, -0.25) is 0 Å². The Kier molecular flexibility index (Phi) is 22.1. The van der Waals surface area contributed by atoms with Crippen LogP contribution >= 0.6 is 50.5 Å². The molecule has 0 aliphatic carbocycles. The molecule has 2 unspecified atom stereocenters. The molecule has 0 amide bonds. The number of thiol groups is 4. The SMILES string of the molecule is SCC[Se]CC([Se]CCS)C(C[Se]CCS)[Se]CCS. The Labute approximate surface area is 172 Å².